The van der Waals surface area contributed by atoms with Gasteiger partial charge in [0.2, 0.25) is 0 Å². The first kappa shape index (κ1) is 30.1. The Labute approximate surface area is 306 Å². The van der Waals surface area contributed by atoms with Crippen LogP contribution in [0.15, 0.2) is 208 Å². The molecule has 240 valence electrons. The molecule has 0 bridgehead atoms. The maximum atomic E-state index is 2.41. The average Bonchev–Trinajstić information content (AvgIpc) is 3.54. The van der Waals surface area contributed by atoms with Crippen molar-refractivity contribution in [3.8, 4) is 50.2 Å². The standard InChI is InChI=1S/C48H31NS2/c1-3-15-32(16-4-1)33-29-30-46-41(31-33)36-20-9-12-28-45(36)50-44-27-11-8-19-35(44)38-23-13-24-39(48(38)51-46)37-22-14-26-43-47(37)40-21-7-10-25-42(40)49(43)34-17-5-2-6-18-34/h1-31H. The Kier molecular flexibility index (Phi) is 7.41. The minimum Gasteiger partial charge on any atom is -0.309 e. The maximum absolute atomic E-state index is 2.41. The minimum atomic E-state index is 1.17. The zero-order chi connectivity index (χ0) is 33.7. The topological polar surface area (TPSA) is 4.93 Å². The fourth-order valence-electron chi connectivity index (χ4n) is 7.59. The number of hydrogen-bond donors (Lipinski definition) is 0. The van der Waals surface area contributed by atoms with Crippen LogP contribution < -0.4 is 0 Å². The van der Waals surface area contributed by atoms with Crippen molar-refractivity contribution in [1.29, 1.82) is 0 Å². The Morgan fingerprint density at radius 2 is 0.882 bits per heavy atom. The van der Waals surface area contributed by atoms with Gasteiger partial charge in [-0.25, -0.2) is 0 Å². The molecular weight excluding hydrogens is 655 g/mol. The normalized spacial score (nSPS) is 12.2. The van der Waals surface area contributed by atoms with Crippen LogP contribution in [0.25, 0.3) is 72.0 Å². The summed E-state index contributed by atoms with van der Waals surface area (Å²) >= 11 is 3.76. The van der Waals surface area contributed by atoms with E-state index < -0.39 is 0 Å². The molecule has 0 spiro atoms. The van der Waals surface area contributed by atoms with Gasteiger partial charge in [-0.1, -0.05) is 163 Å². The average molecular weight is 686 g/mol. The van der Waals surface area contributed by atoms with Gasteiger partial charge < -0.3 is 4.57 Å². The van der Waals surface area contributed by atoms with E-state index in [9.17, 15) is 0 Å². The molecule has 1 aliphatic rings. The smallest absolute Gasteiger partial charge is 0.0547 e. The summed E-state index contributed by atoms with van der Waals surface area (Å²) in [7, 11) is 0. The van der Waals surface area contributed by atoms with E-state index in [4.69, 9.17) is 0 Å². The molecule has 1 nitrogen and oxygen atoms in total. The highest BCUT2D eigenvalue weighted by Crippen LogP contribution is 2.52. The number of para-hydroxylation sites is 2. The Balaban J connectivity index is 1.27. The first-order valence-corrected chi connectivity index (χ1v) is 18.9. The third kappa shape index (κ3) is 5.12. The van der Waals surface area contributed by atoms with E-state index in [1.54, 1.807) is 0 Å². The van der Waals surface area contributed by atoms with Gasteiger partial charge in [0.1, 0.15) is 0 Å². The molecule has 1 aliphatic heterocycles. The van der Waals surface area contributed by atoms with Crippen molar-refractivity contribution in [3.63, 3.8) is 0 Å². The molecule has 10 rings (SSSR count). The predicted molar refractivity (Wildman–Crippen MR) is 217 cm³/mol. The summed E-state index contributed by atoms with van der Waals surface area (Å²) in [6.45, 7) is 0. The molecule has 0 fully saturated rings. The molecule has 0 saturated carbocycles. The van der Waals surface area contributed by atoms with Crippen LogP contribution in [0.2, 0.25) is 0 Å². The molecule has 1 aromatic heterocycles. The van der Waals surface area contributed by atoms with E-state index in [0.717, 1.165) is 0 Å². The molecule has 0 N–H and O–H groups in total. The lowest BCUT2D eigenvalue weighted by Crippen LogP contribution is -1.95. The Morgan fingerprint density at radius 1 is 0.333 bits per heavy atom. The molecule has 3 heteroatoms. The first-order valence-electron chi connectivity index (χ1n) is 17.3. The monoisotopic (exact) mass is 685 g/mol. The van der Waals surface area contributed by atoms with Crippen molar-refractivity contribution < 1.29 is 0 Å². The number of hydrogen-bond acceptors (Lipinski definition) is 2. The Bertz CT molecular complexity index is 2740. The quantitative estimate of drug-likeness (QED) is 0.182. The number of benzene rings is 8. The lowest BCUT2D eigenvalue weighted by atomic mass is 9.95. The predicted octanol–water partition coefficient (Wildman–Crippen LogP) is 14.1. The molecule has 0 radical (unpaired) electrons. The van der Waals surface area contributed by atoms with Gasteiger partial charge in [-0.2, -0.15) is 0 Å². The van der Waals surface area contributed by atoms with Crippen LogP contribution in [-0.2, 0) is 0 Å². The van der Waals surface area contributed by atoms with E-state index in [2.05, 4.69) is 193 Å². The van der Waals surface area contributed by atoms with Gasteiger partial charge in [-0.3, -0.25) is 0 Å². The van der Waals surface area contributed by atoms with Crippen molar-refractivity contribution >= 4 is 45.3 Å². The van der Waals surface area contributed by atoms with Crippen molar-refractivity contribution in [2.45, 2.75) is 19.6 Å². The second kappa shape index (κ2) is 12.5. The molecule has 0 amide bonds. The molecule has 0 saturated heterocycles. The fourth-order valence-corrected chi connectivity index (χ4v) is 9.91. The van der Waals surface area contributed by atoms with E-state index in [1.165, 1.54) is 91.6 Å². The van der Waals surface area contributed by atoms with Crippen molar-refractivity contribution in [1.82, 2.24) is 4.57 Å². The van der Waals surface area contributed by atoms with Crippen LogP contribution in [0.4, 0.5) is 0 Å². The lowest BCUT2D eigenvalue weighted by Gasteiger charge is -2.22. The summed E-state index contributed by atoms with van der Waals surface area (Å²) in [6, 6.07) is 68.7. The van der Waals surface area contributed by atoms with Gasteiger partial charge in [0.15, 0.2) is 0 Å². The van der Waals surface area contributed by atoms with E-state index >= 15 is 0 Å². The molecule has 51 heavy (non-hydrogen) atoms. The van der Waals surface area contributed by atoms with Gasteiger partial charge in [0.25, 0.3) is 0 Å². The highest BCUT2D eigenvalue weighted by molar-refractivity contribution is 8.00. The third-order valence-electron chi connectivity index (χ3n) is 9.89. The fraction of sp³-hybridized carbons (Fsp3) is 0. The number of aromatic nitrogens is 1. The largest absolute Gasteiger partial charge is 0.309 e. The third-order valence-corrected chi connectivity index (χ3v) is 12.3. The Morgan fingerprint density at radius 3 is 1.67 bits per heavy atom. The SMILES string of the molecule is c1ccc(-c2ccc3c(c2)-c2ccccc2Sc2ccccc2-c2cccc(-c4cccc5c4c4ccccc4n5-c4ccccc4)c2S3)cc1. The zero-order valence-corrected chi connectivity index (χ0v) is 29.3. The van der Waals surface area contributed by atoms with E-state index in [0.29, 0.717) is 0 Å². The van der Waals surface area contributed by atoms with Gasteiger partial charge in [0.05, 0.1) is 11.0 Å². The number of fused-ring (bicyclic) bond motifs is 9. The lowest BCUT2D eigenvalue weighted by molar-refractivity contribution is 1.18. The molecule has 8 aromatic carbocycles. The summed E-state index contributed by atoms with van der Waals surface area (Å²) in [5.41, 5.74) is 13.5. The van der Waals surface area contributed by atoms with Crippen LogP contribution in [-0.4, -0.2) is 4.57 Å². The van der Waals surface area contributed by atoms with Crippen molar-refractivity contribution in [2.24, 2.45) is 0 Å². The molecule has 0 unspecified atom stereocenters. The van der Waals surface area contributed by atoms with Gasteiger partial charge in [0, 0.05) is 36.0 Å². The number of nitrogens with zero attached hydrogens (tertiary/aromatic N) is 1. The summed E-state index contributed by atoms with van der Waals surface area (Å²) < 4.78 is 2.41. The summed E-state index contributed by atoms with van der Waals surface area (Å²) in [5, 5.41) is 2.53. The zero-order valence-electron chi connectivity index (χ0n) is 27.7. The maximum Gasteiger partial charge on any atom is 0.0547 e. The molecular formula is C48H31NS2. The Hall–Kier alpha value is -5.74. The van der Waals surface area contributed by atoms with Gasteiger partial charge in [-0.15, -0.1) is 0 Å². The van der Waals surface area contributed by atoms with Crippen molar-refractivity contribution in [3.05, 3.63) is 188 Å². The van der Waals surface area contributed by atoms with Crippen LogP contribution in [0.1, 0.15) is 0 Å². The second-order valence-corrected chi connectivity index (χ2v) is 15.0. The highest BCUT2D eigenvalue weighted by Gasteiger charge is 2.24. The first-order chi connectivity index (χ1) is 25.3. The van der Waals surface area contributed by atoms with Crippen LogP contribution in [0, 0.1) is 0 Å². The molecule has 9 aromatic rings. The molecule has 0 atom stereocenters. The van der Waals surface area contributed by atoms with Crippen LogP contribution in [0.3, 0.4) is 0 Å². The summed E-state index contributed by atoms with van der Waals surface area (Å²) in [6.07, 6.45) is 0. The van der Waals surface area contributed by atoms with Crippen LogP contribution in [0.5, 0.6) is 0 Å². The van der Waals surface area contributed by atoms with Crippen LogP contribution >= 0.6 is 23.5 Å². The number of rotatable bonds is 3. The molecule has 2 heterocycles. The summed E-state index contributed by atoms with van der Waals surface area (Å²) in [5.74, 6) is 0. The highest BCUT2D eigenvalue weighted by atomic mass is 32.2. The second-order valence-electron chi connectivity index (χ2n) is 12.8. The minimum absolute atomic E-state index is 1.17. The molecule has 0 aliphatic carbocycles. The summed E-state index contributed by atoms with van der Waals surface area (Å²) in [4.78, 5) is 5.03. The van der Waals surface area contributed by atoms with Gasteiger partial charge in [-0.05, 0) is 93.0 Å². The van der Waals surface area contributed by atoms with E-state index in [-0.39, 0.29) is 0 Å². The van der Waals surface area contributed by atoms with Crippen molar-refractivity contribution in [2.75, 3.05) is 0 Å². The van der Waals surface area contributed by atoms with E-state index in [1.807, 2.05) is 23.5 Å². The van der Waals surface area contributed by atoms with Gasteiger partial charge >= 0.3 is 0 Å².